The molecule has 4 N–H and O–H groups in total. The van der Waals surface area contributed by atoms with Gasteiger partial charge < -0.3 is 21.1 Å². The van der Waals surface area contributed by atoms with Crippen LogP contribution in [0.5, 0.6) is 0 Å². The van der Waals surface area contributed by atoms with Crippen molar-refractivity contribution in [3.63, 3.8) is 0 Å². The van der Waals surface area contributed by atoms with Gasteiger partial charge >= 0.3 is 5.97 Å². The fourth-order valence-corrected chi connectivity index (χ4v) is 2.64. The van der Waals surface area contributed by atoms with E-state index in [-0.39, 0.29) is 5.41 Å². The molecular formula is C23H27N3O5. The standard InChI is InChI=1S/C23H27N3O5/c1-14(25-21(29)16-5-9-17(10-6-16)23(2,3)4)22(30)31-13-19(27)26-18-11-7-15(8-12-18)20(24)28/h5-12,14H,13H2,1-4H3,(H2,24,28)(H,25,29)(H,26,27)/t14-/m0/s1. The smallest absolute Gasteiger partial charge is 0.328 e. The highest BCUT2D eigenvalue weighted by atomic mass is 16.5. The molecule has 0 saturated heterocycles. The first-order valence-electron chi connectivity index (χ1n) is 9.75. The second kappa shape index (κ2) is 9.88. The Bertz CT molecular complexity index is 960. The summed E-state index contributed by atoms with van der Waals surface area (Å²) in [5.41, 5.74) is 7.37. The fourth-order valence-electron chi connectivity index (χ4n) is 2.64. The molecule has 164 valence electrons. The van der Waals surface area contributed by atoms with E-state index < -0.39 is 36.3 Å². The molecule has 1 atom stereocenters. The maximum Gasteiger partial charge on any atom is 0.328 e. The molecule has 31 heavy (non-hydrogen) atoms. The number of rotatable bonds is 7. The molecule has 8 heteroatoms. The van der Waals surface area contributed by atoms with Crippen LogP contribution in [0.1, 0.15) is 54.0 Å². The predicted molar refractivity (Wildman–Crippen MR) is 117 cm³/mol. The Hall–Kier alpha value is -3.68. The summed E-state index contributed by atoms with van der Waals surface area (Å²) < 4.78 is 4.96. The van der Waals surface area contributed by atoms with Crippen molar-refractivity contribution in [2.45, 2.75) is 39.2 Å². The number of ether oxygens (including phenoxy) is 1. The minimum absolute atomic E-state index is 0.0312. The minimum Gasteiger partial charge on any atom is -0.454 e. The molecule has 8 nitrogen and oxygen atoms in total. The summed E-state index contributed by atoms with van der Waals surface area (Å²) in [4.78, 5) is 47.4. The van der Waals surface area contributed by atoms with Crippen molar-refractivity contribution < 1.29 is 23.9 Å². The maximum atomic E-state index is 12.3. The van der Waals surface area contributed by atoms with Crippen molar-refractivity contribution in [2.75, 3.05) is 11.9 Å². The van der Waals surface area contributed by atoms with Crippen molar-refractivity contribution in [3.8, 4) is 0 Å². The van der Waals surface area contributed by atoms with E-state index in [1.165, 1.54) is 31.2 Å². The average molecular weight is 425 g/mol. The van der Waals surface area contributed by atoms with E-state index in [9.17, 15) is 19.2 Å². The monoisotopic (exact) mass is 425 g/mol. The number of hydrogen-bond acceptors (Lipinski definition) is 5. The van der Waals surface area contributed by atoms with Crippen LogP contribution in [0.25, 0.3) is 0 Å². The van der Waals surface area contributed by atoms with Gasteiger partial charge in [-0.05, 0) is 54.3 Å². The minimum atomic E-state index is -0.933. The number of benzene rings is 2. The highest BCUT2D eigenvalue weighted by molar-refractivity contribution is 5.98. The Balaban J connectivity index is 1.82. The third-order valence-corrected chi connectivity index (χ3v) is 4.51. The number of amides is 3. The van der Waals surface area contributed by atoms with Crippen LogP contribution in [0.4, 0.5) is 5.69 Å². The molecule has 0 fully saturated rings. The summed E-state index contributed by atoms with van der Waals surface area (Å²) >= 11 is 0. The first-order chi connectivity index (χ1) is 14.5. The van der Waals surface area contributed by atoms with Crippen molar-refractivity contribution >= 4 is 29.4 Å². The van der Waals surface area contributed by atoms with Gasteiger partial charge in [0, 0.05) is 16.8 Å². The van der Waals surface area contributed by atoms with Gasteiger partial charge in [-0.15, -0.1) is 0 Å². The largest absolute Gasteiger partial charge is 0.454 e. The summed E-state index contributed by atoms with van der Waals surface area (Å²) in [5, 5.41) is 5.09. The van der Waals surface area contributed by atoms with Crippen molar-refractivity contribution in [1.82, 2.24) is 5.32 Å². The zero-order chi connectivity index (χ0) is 23.2. The lowest BCUT2D eigenvalue weighted by atomic mass is 9.86. The van der Waals surface area contributed by atoms with Gasteiger partial charge in [-0.25, -0.2) is 4.79 Å². The molecule has 2 aromatic rings. The molecule has 0 aliphatic heterocycles. The number of hydrogen-bond donors (Lipinski definition) is 3. The van der Waals surface area contributed by atoms with Gasteiger partial charge in [0.05, 0.1) is 0 Å². The van der Waals surface area contributed by atoms with Crippen LogP contribution in [0.2, 0.25) is 0 Å². The lowest BCUT2D eigenvalue weighted by molar-refractivity contribution is -0.148. The molecule has 0 radical (unpaired) electrons. The zero-order valence-corrected chi connectivity index (χ0v) is 18.0. The molecule has 0 aromatic heterocycles. The average Bonchev–Trinajstić information content (AvgIpc) is 2.71. The van der Waals surface area contributed by atoms with E-state index in [4.69, 9.17) is 10.5 Å². The summed E-state index contributed by atoms with van der Waals surface area (Å²) in [5.74, 6) is -2.28. The topological polar surface area (TPSA) is 128 Å². The molecular weight excluding hydrogens is 398 g/mol. The van der Waals surface area contributed by atoms with Gasteiger partial charge in [0.25, 0.3) is 11.8 Å². The highest BCUT2D eigenvalue weighted by Gasteiger charge is 2.20. The van der Waals surface area contributed by atoms with E-state index in [1.54, 1.807) is 12.1 Å². The zero-order valence-electron chi connectivity index (χ0n) is 18.0. The molecule has 2 rings (SSSR count). The number of primary amides is 1. The molecule has 0 saturated carbocycles. The van der Waals surface area contributed by atoms with E-state index in [2.05, 4.69) is 31.4 Å². The third kappa shape index (κ3) is 6.95. The summed E-state index contributed by atoms with van der Waals surface area (Å²) in [7, 11) is 0. The Morgan fingerprint density at radius 3 is 2.00 bits per heavy atom. The molecule has 3 amide bonds. The molecule has 0 heterocycles. The Kier molecular flexibility index (Phi) is 7.52. The highest BCUT2D eigenvalue weighted by Crippen LogP contribution is 2.22. The summed E-state index contributed by atoms with van der Waals surface area (Å²) in [6.45, 7) is 7.19. The molecule has 0 bridgehead atoms. The molecule has 2 aromatic carbocycles. The second-order valence-corrected chi connectivity index (χ2v) is 8.12. The lowest BCUT2D eigenvalue weighted by Crippen LogP contribution is -2.40. The number of nitrogens with one attached hydrogen (secondary N) is 2. The Morgan fingerprint density at radius 2 is 1.48 bits per heavy atom. The number of nitrogens with two attached hydrogens (primary N) is 1. The van der Waals surface area contributed by atoms with Gasteiger partial charge in [-0.3, -0.25) is 14.4 Å². The molecule has 0 spiro atoms. The van der Waals surface area contributed by atoms with Gasteiger partial charge in [0.15, 0.2) is 6.61 Å². The number of carbonyl (C=O) groups excluding carboxylic acids is 4. The second-order valence-electron chi connectivity index (χ2n) is 8.12. The first kappa shape index (κ1) is 23.6. The van der Waals surface area contributed by atoms with E-state index in [0.717, 1.165) is 5.56 Å². The molecule has 0 unspecified atom stereocenters. The summed E-state index contributed by atoms with van der Waals surface area (Å²) in [6, 6.07) is 12.2. The number of carbonyl (C=O) groups is 4. The molecule has 0 aliphatic rings. The third-order valence-electron chi connectivity index (χ3n) is 4.51. The lowest BCUT2D eigenvalue weighted by Gasteiger charge is -2.19. The van der Waals surface area contributed by atoms with Crippen LogP contribution < -0.4 is 16.4 Å². The van der Waals surface area contributed by atoms with E-state index in [1.807, 2.05) is 12.1 Å². The number of anilines is 1. The normalized spacial score (nSPS) is 11.9. The van der Waals surface area contributed by atoms with Crippen LogP contribution >= 0.6 is 0 Å². The summed E-state index contributed by atoms with van der Waals surface area (Å²) in [6.07, 6.45) is 0. The Morgan fingerprint density at radius 1 is 0.935 bits per heavy atom. The Labute approximate surface area is 181 Å². The van der Waals surface area contributed by atoms with Crippen LogP contribution in [-0.2, 0) is 19.7 Å². The van der Waals surface area contributed by atoms with Crippen LogP contribution in [0.3, 0.4) is 0 Å². The van der Waals surface area contributed by atoms with Gasteiger partial charge in [-0.1, -0.05) is 32.9 Å². The maximum absolute atomic E-state index is 12.3. The van der Waals surface area contributed by atoms with E-state index in [0.29, 0.717) is 16.8 Å². The molecule has 0 aliphatic carbocycles. The van der Waals surface area contributed by atoms with Gasteiger partial charge in [-0.2, -0.15) is 0 Å². The SMILES string of the molecule is C[C@H](NC(=O)c1ccc(C(C)(C)C)cc1)C(=O)OCC(=O)Nc1ccc(C(N)=O)cc1. The van der Waals surface area contributed by atoms with Crippen molar-refractivity contribution in [2.24, 2.45) is 5.73 Å². The quantitative estimate of drug-likeness (QED) is 0.587. The van der Waals surface area contributed by atoms with Gasteiger partial charge in [0.2, 0.25) is 5.91 Å². The van der Waals surface area contributed by atoms with Crippen LogP contribution in [-0.4, -0.2) is 36.3 Å². The van der Waals surface area contributed by atoms with Crippen LogP contribution in [0, 0.1) is 0 Å². The van der Waals surface area contributed by atoms with Crippen molar-refractivity contribution in [1.29, 1.82) is 0 Å². The predicted octanol–water partition coefficient (Wildman–Crippen LogP) is 2.38. The van der Waals surface area contributed by atoms with Gasteiger partial charge in [0.1, 0.15) is 6.04 Å². The first-order valence-corrected chi connectivity index (χ1v) is 9.75. The van der Waals surface area contributed by atoms with Crippen LogP contribution in [0.15, 0.2) is 48.5 Å². The number of esters is 1. The fraction of sp³-hybridized carbons (Fsp3) is 0.304. The van der Waals surface area contributed by atoms with E-state index >= 15 is 0 Å². The van der Waals surface area contributed by atoms with Crippen molar-refractivity contribution in [3.05, 3.63) is 65.2 Å².